The highest BCUT2D eigenvalue weighted by Crippen LogP contribution is 2.20. The van der Waals surface area contributed by atoms with Crippen molar-refractivity contribution in [2.45, 2.75) is 32.2 Å². The lowest BCUT2D eigenvalue weighted by molar-refractivity contribution is -0.137. The molecular weight excluding hydrogens is 328 g/mol. The van der Waals surface area contributed by atoms with Crippen LogP contribution >= 0.6 is 0 Å². The summed E-state index contributed by atoms with van der Waals surface area (Å²) in [6.45, 7) is 2.89. The summed E-state index contributed by atoms with van der Waals surface area (Å²) >= 11 is 0. The fourth-order valence-electron chi connectivity index (χ4n) is 2.79. The van der Waals surface area contributed by atoms with E-state index < -0.39 is 16.1 Å². The van der Waals surface area contributed by atoms with Gasteiger partial charge in [0.25, 0.3) is 0 Å². The zero-order valence-corrected chi connectivity index (χ0v) is 15.2. The van der Waals surface area contributed by atoms with Gasteiger partial charge in [-0.05, 0) is 18.6 Å². The van der Waals surface area contributed by atoms with Gasteiger partial charge in [0.1, 0.15) is 18.4 Å². The third-order valence-corrected chi connectivity index (χ3v) is 6.04. The van der Waals surface area contributed by atoms with Crippen LogP contribution in [0.1, 0.15) is 26.2 Å². The Morgan fingerprint density at radius 2 is 1.92 bits per heavy atom. The van der Waals surface area contributed by atoms with E-state index in [0.717, 1.165) is 12.8 Å². The third-order valence-electron chi connectivity index (χ3n) is 4.21. The molecule has 1 atom stereocenters. The number of piperazine rings is 1. The molecule has 0 aromatic heterocycles. The van der Waals surface area contributed by atoms with Crippen molar-refractivity contribution in [1.29, 1.82) is 0 Å². The monoisotopic (exact) mass is 354 g/mol. The van der Waals surface area contributed by atoms with Crippen LogP contribution in [0.5, 0.6) is 5.75 Å². The summed E-state index contributed by atoms with van der Waals surface area (Å²) in [4.78, 5) is 14.0. The van der Waals surface area contributed by atoms with Crippen LogP contribution in [0, 0.1) is 0 Å². The van der Waals surface area contributed by atoms with E-state index in [2.05, 4.69) is 0 Å². The number of rotatable bonds is 8. The number of sulfonamides is 1. The predicted molar refractivity (Wildman–Crippen MR) is 93.4 cm³/mol. The molecule has 24 heavy (non-hydrogen) atoms. The molecule has 1 aromatic carbocycles. The van der Waals surface area contributed by atoms with Gasteiger partial charge >= 0.3 is 0 Å². The summed E-state index contributed by atoms with van der Waals surface area (Å²) in [5.41, 5.74) is 0. The van der Waals surface area contributed by atoms with Crippen LogP contribution in [0.2, 0.25) is 0 Å². The average Bonchev–Trinajstić information content (AvgIpc) is 2.56. The molecule has 134 valence electrons. The van der Waals surface area contributed by atoms with Crippen molar-refractivity contribution in [1.82, 2.24) is 9.21 Å². The van der Waals surface area contributed by atoms with E-state index in [-0.39, 0.29) is 18.3 Å². The smallest absolute Gasteiger partial charge is 0.240 e. The van der Waals surface area contributed by atoms with Crippen LogP contribution in [0.25, 0.3) is 0 Å². The molecule has 0 saturated carbocycles. The van der Waals surface area contributed by atoms with Gasteiger partial charge in [-0.1, -0.05) is 38.0 Å². The Kier molecular flexibility index (Phi) is 6.62. The maximum atomic E-state index is 12.7. The molecule has 0 unspecified atom stereocenters. The Hall–Kier alpha value is -1.60. The zero-order valence-electron chi connectivity index (χ0n) is 14.3. The molecule has 0 radical (unpaired) electrons. The molecule has 1 aromatic rings. The molecule has 1 heterocycles. The van der Waals surface area contributed by atoms with Crippen molar-refractivity contribution in [2.75, 3.05) is 32.5 Å². The van der Waals surface area contributed by atoms with Crippen LogP contribution in [0.4, 0.5) is 0 Å². The quantitative estimate of drug-likeness (QED) is 0.713. The van der Waals surface area contributed by atoms with E-state index in [1.165, 1.54) is 4.31 Å². The molecule has 1 aliphatic heterocycles. The Labute approximate surface area is 144 Å². The van der Waals surface area contributed by atoms with Gasteiger partial charge in [0, 0.05) is 20.1 Å². The van der Waals surface area contributed by atoms with Gasteiger partial charge in [0.05, 0.1) is 5.75 Å². The topological polar surface area (TPSA) is 66.9 Å². The lowest BCUT2D eigenvalue weighted by atomic mass is 10.1. The lowest BCUT2D eigenvalue weighted by Gasteiger charge is -2.38. The minimum atomic E-state index is -3.53. The average molecular weight is 354 g/mol. The second-order valence-electron chi connectivity index (χ2n) is 6.01. The highest BCUT2D eigenvalue weighted by molar-refractivity contribution is 7.89. The van der Waals surface area contributed by atoms with Gasteiger partial charge < -0.3 is 9.64 Å². The largest absolute Gasteiger partial charge is 0.492 e. The number of hydrogen-bond acceptors (Lipinski definition) is 4. The van der Waals surface area contributed by atoms with E-state index in [1.54, 1.807) is 24.1 Å². The van der Waals surface area contributed by atoms with E-state index in [4.69, 9.17) is 4.74 Å². The maximum Gasteiger partial charge on any atom is 0.240 e. The fourth-order valence-corrected chi connectivity index (χ4v) is 4.26. The number of ether oxygens (including phenoxy) is 1. The number of carbonyl (C=O) groups excluding carboxylic acids is 1. The van der Waals surface area contributed by atoms with Gasteiger partial charge in [-0.3, -0.25) is 4.79 Å². The molecule has 2 rings (SSSR count). The van der Waals surface area contributed by atoms with Crippen LogP contribution in [-0.2, 0) is 14.8 Å². The molecule has 1 amide bonds. The van der Waals surface area contributed by atoms with E-state index in [1.807, 2.05) is 25.1 Å². The summed E-state index contributed by atoms with van der Waals surface area (Å²) in [6.07, 6.45) is 2.33. The van der Waals surface area contributed by atoms with E-state index in [0.29, 0.717) is 25.3 Å². The van der Waals surface area contributed by atoms with Crippen molar-refractivity contribution in [2.24, 2.45) is 0 Å². The molecule has 1 fully saturated rings. The third kappa shape index (κ3) is 4.70. The molecule has 6 nitrogen and oxygen atoms in total. The summed E-state index contributed by atoms with van der Waals surface area (Å²) in [5, 5.41) is 0. The molecule has 1 saturated heterocycles. The van der Waals surface area contributed by atoms with Gasteiger partial charge in [-0.2, -0.15) is 4.31 Å². The number of amides is 1. The first-order valence-electron chi connectivity index (χ1n) is 8.38. The van der Waals surface area contributed by atoms with Crippen LogP contribution in [-0.4, -0.2) is 62.1 Å². The predicted octanol–water partition coefficient (Wildman–Crippen LogP) is 1.73. The van der Waals surface area contributed by atoms with Gasteiger partial charge in [-0.25, -0.2) is 8.42 Å². The minimum absolute atomic E-state index is 0.0768. The number of likely N-dealkylation sites (N-methyl/N-ethyl adjacent to an activating group) is 1. The highest BCUT2D eigenvalue weighted by Gasteiger charge is 2.39. The Morgan fingerprint density at radius 1 is 1.21 bits per heavy atom. The first-order valence-corrected chi connectivity index (χ1v) is 9.99. The number of unbranched alkanes of at least 4 members (excludes halogenated alkanes) is 1. The first kappa shape index (κ1) is 18.7. The molecule has 0 bridgehead atoms. The van der Waals surface area contributed by atoms with Gasteiger partial charge in [0.15, 0.2) is 0 Å². The minimum Gasteiger partial charge on any atom is -0.492 e. The summed E-state index contributed by atoms with van der Waals surface area (Å²) in [5.74, 6) is 0.411. The highest BCUT2D eigenvalue weighted by atomic mass is 32.2. The SMILES string of the molecule is CCCC[C@@H]1C(=O)N(C)CCN1S(=O)(=O)CCOc1ccccc1. The van der Waals surface area contributed by atoms with Crippen LogP contribution < -0.4 is 4.74 Å². The molecule has 7 heteroatoms. The molecule has 1 aliphatic rings. The summed E-state index contributed by atoms with van der Waals surface area (Å²) in [6, 6.07) is 8.54. The van der Waals surface area contributed by atoms with Crippen molar-refractivity contribution in [3.05, 3.63) is 30.3 Å². The summed E-state index contributed by atoms with van der Waals surface area (Å²) in [7, 11) is -1.80. The van der Waals surface area contributed by atoms with Crippen LogP contribution in [0.3, 0.4) is 0 Å². The number of benzene rings is 1. The van der Waals surface area contributed by atoms with Crippen LogP contribution in [0.15, 0.2) is 30.3 Å². The Morgan fingerprint density at radius 3 is 2.58 bits per heavy atom. The van der Waals surface area contributed by atoms with Crippen molar-refractivity contribution < 1.29 is 17.9 Å². The second-order valence-corrected chi connectivity index (χ2v) is 8.05. The Bertz CT molecular complexity index is 633. The van der Waals surface area contributed by atoms with Gasteiger partial charge in [0.2, 0.25) is 15.9 Å². The standard InChI is InChI=1S/C17H26N2O4S/c1-3-4-10-16-17(20)18(2)11-12-19(16)24(21,22)14-13-23-15-8-6-5-7-9-15/h5-9,16H,3-4,10-14H2,1-2H3/t16-/m1/s1. The second kappa shape index (κ2) is 8.48. The number of nitrogens with zero attached hydrogens (tertiary/aromatic N) is 2. The Balaban J connectivity index is 2.00. The fraction of sp³-hybridized carbons (Fsp3) is 0.588. The molecule has 0 aliphatic carbocycles. The number of para-hydroxylation sites is 1. The lowest BCUT2D eigenvalue weighted by Crippen LogP contribution is -2.58. The molecular formula is C17H26N2O4S. The van der Waals surface area contributed by atoms with E-state index in [9.17, 15) is 13.2 Å². The number of carbonyl (C=O) groups is 1. The van der Waals surface area contributed by atoms with Crippen molar-refractivity contribution >= 4 is 15.9 Å². The van der Waals surface area contributed by atoms with E-state index >= 15 is 0 Å². The van der Waals surface area contributed by atoms with Crippen molar-refractivity contribution in [3.63, 3.8) is 0 Å². The zero-order chi connectivity index (χ0) is 17.6. The van der Waals surface area contributed by atoms with Gasteiger partial charge in [-0.15, -0.1) is 0 Å². The first-order chi connectivity index (χ1) is 11.5. The molecule has 0 N–H and O–H groups in total. The summed E-state index contributed by atoms with van der Waals surface area (Å²) < 4.78 is 32.2. The normalized spacial score (nSPS) is 19.5. The van der Waals surface area contributed by atoms with Crippen molar-refractivity contribution in [3.8, 4) is 5.75 Å². The molecule has 0 spiro atoms. The number of hydrogen-bond donors (Lipinski definition) is 0. The maximum absolute atomic E-state index is 12.7.